The van der Waals surface area contributed by atoms with Gasteiger partial charge in [-0.1, -0.05) is 46.0 Å². The molecular formula is C15H32ClN. The summed E-state index contributed by atoms with van der Waals surface area (Å²) >= 11 is 0. The fourth-order valence-electron chi connectivity index (χ4n) is 3.14. The fourth-order valence-corrected chi connectivity index (χ4v) is 3.14. The highest BCUT2D eigenvalue weighted by atomic mass is 35.5. The molecule has 0 aromatic rings. The monoisotopic (exact) mass is 261 g/mol. The van der Waals surface area contributed by atoms with Crippen LogP contribution in [0.3, 0.4) is 0 Å². The van der Waals surface area contributed by atoms with Gasteiger partial charge in [0.2, 0.25) is 0 Å². The van der Waals surface area contributed by atoms with E-state index in [2.05, 4.69) is 13.8 Å². The topological polar surface area (TPSA) is 4.44 Å². The van der Waals surface area contributed by atoms with Crippen LogP contribution in [0.4, 0.5) is 0 Å². The van der Waals surface area contributed by atoms with Crippen LogP contribution >= 0.6 is 0 Å². The fraction of sp³-hybridized carbons (Fsp3) is 1.00. The maximum atomic E-state index is 2.33. The number of hydrogen-bond acceptors (Lipinski definition) is 0. The number of unbranched alkanes of at least 4 members (excludes halogenated alkanes) is 5. The van der Waals surface area contributed by atoms with E-state index in [-0.39, 0.29) is 12.4 Å². The molecule has 0 aromatic heterocycles. The second kappa shape index (κ2) is 11.3. The molecule has 1 fully saturated rings. The summed E-state index contributed by atoms with van der Waals surface area (Å²) in [5.41, 5.74) is 0. The Morgan fingerprint density at radius 1 is 0.941 bits per heavy atom. The van der Waals surface area contributed by atoms with Gasteiger partial charge >= 0.3 is 0 Å². The Balaban J connectivity index is 0.00000256. The molecule has 0 amide bonds. The van der Waals surface area contributed by atoms with Crippen molar-refractivity contribution in [2.75, 3.05) is 13.1 Å². The molecule has 17 heavy (non-hydrogen) atoms. The molecule has 0 bridgehead atoms. The first kappa shape index (κ1) is 17.2. The van der Waals surface area contributed by atoms with Crippen molar-refractivity contribution in [3.8, 4) is 0 Å². The SMILES string of the molecule is CCCCCCCC[NH+]1CCCC1CCC.[Cl-]. The maximum absolute atomic E-state index is 2.33. The largest absolute Gasteiger partial charge is 1.00 e. The van der Waals surface area contributed by atoms with Gasteiger partial charge in [0.25, 0.3) is 0 Å². The molecule has 1 heterocycles. The van der Waals surface area contributed by atoms with Crippen molar-refractivity contribution >= 4 is 0 Å². The first-order chi connectivity index (χ1) is 7.88. The Kier molecular flexibility index (Phi) is 11.5. The van der Waals surface area contributed by atoms with Crippen molar-refractivity contribution in [2.45, 2.75) is 84.1 Å². The van der Waals surface area contributed by atoms with E-state index in [4.69, 9.17) is 0 Å². The second-order valence-electron chi connectivity index (χ2n) is 5.55. The summed E-state index contributed by atoms with van der Waals surface area (Å²) in [6, 6.07) is 1.01. The van der Waals surface area contributed by atoms with Gasteiger partial charge in [0.1, 0.15) is 0 Å². The average molecular weight is 262 g/mol. The zero-order chi connectivity index (χ0) is 11.6. The molecule has 104 valence electrons. The summed E-state index contributed by atoms with van der Waals surface area (Å²) in [5.74, 6) is 0. The second-order valence-corrected chi connectivity index (χ2v) is 5.55. The van der Waals surface area contributed by atoms with Crippen molar-refractivity contribution in [2.24, 2.45) is 0 Å². The van der Waals surface area contributed by atoms with Crippen LogP contribution in [-0.4, -0.2) is 19.1 Å². The van der Waals surface area contributed by atoms with Gasteiger partial charge in [0.05, 0.1) is 19.1 Å². The van der Waals surface area contributed by atoms with Crippen LogP contribution in [0.15, 0.2) is 0 Å². The molecule has 0 aliphatic carbocycles. The number of rotatable bonds is 9. The first-order valence-corrected chi connectivity index (χ1v) is 7.73. The third-order valence-electron chi connectivity index (χ3n) is 4.12. The summed E-state index contributed by atoms with van der Waals surface area (Å²) in [4.78, 5) is 1.93. The highest BCUT2D eigenvalue weighted by molar-refractivity contribution is 4.61. The molecule has 0 saturated carbocycles. The third kappa shape index (κ3) is 7.31. The molecule has 2 unspecified atom stereocenters. The lowest BCUT2D eigenvalue weighted by Crippen LogP contribution is -3.13. The van der Waals surface area contributed by atoms with E-state index >= 15 is 0 Å². The van der Waals surface area contributed by atoms with Crippen LogP contribution in [0.5, 0.6) is 0 Å². The van der Waals surface area contributed by atoms with Gasteiger partial charge in [-0.25, -0.2) is 0 Å². The predicted octanol–water partition coefficient (Wildman–Crippen LogP) is 0.198. The molecule has 1 aliphatic heterocycles. The minimum atomic E-state index is 0. The summed E-state index contributed by atoms with van der Waals surface area (Å²) in [7, 11) is 0. The van der Waals surface area contributed by atoms with E-state index in [0.717, 1.165) is 6.04 Å². The summed E-state index contributed by atoms with van der Waals surface area (Å²) < 4.78 is 0. The Bertz CT molecular complexity index is 161. The lowest BCUT2D eigenvalue weighted by Gasteiger charge is -2.21. The molecule has 2 heteroatoms. The van der Waals surface area contributed by atoms with E-state index in [1.165, 1.54) is 77.3 Å². The molecule has 0 aromatic carbocycles. The summed E-state index contributed by atoms with van der Waals surface area (Å²) in [6.07, 6.45) is 14.5. The standard InChI is InChI=1S/C15H31N.ClH/c1-3-5-6-7-8-9-13-16-14-10-12-15(16)11-4-2;/h15H,3-14H2,1-2H3;1H. The maximum Gasteiger partial charge on any atom is 0.0876 e. The lowest BCUT2D eigenvalue weighted by atomic mass is 10.1. The molecular weight excluding hydrogens is 230 g/mol. The number of nitrogens with one attached hydrogen (secondary N) is 1. The van der Waals surface area contributed by atoms with E-state index in [9.17, 15) is 0 Å². The van der Waals surface area contributed by atoms with Crippen molar-refractivity contribution < 1.29 is 17.3 Å². The van der Waals surface area contributed by atoms with Crippen molar-refractivity contribution in [1.29, 1.82) is 0 Å². The molecule has 1 saturated heterocycles. The Hall–Kier alpha value is 0.250. The number of likely N-dealkylation sites (tertiary alicyclic amines) is 1. The highest BCUT2D eigenvalue weighted by Crippen LogP contribution is 2.07. The van der Waals surface area contributed by atoms with Gasteiger partial charge in [-0.05, 0) is 19.3 Å². The van der Waals surface area contributed by atoms with E-state index < -0.39 is 0 Å². The highest BCUT2D eigenvalue weighted by Gasteiger charge is 2.26. The van der Waals surface area contributed by atoms with E-state index in [1.54, 1.807) is 0 Å². The normalized spacial score (nSPS) is 23.6. The number of hydrogen-bond donors (Lipinski definition) is 1. The molecule has 2 atom stereocenters. The van der Waals surface area contributed by atoms with Crippen molar-refractivity contribution in [3.63, 3.8) is 0 Å². The Morgan fingerprint density at radius 2 is 1.65 bits per heavy atom. The van der Waals surface area contributed by atoms with Crippen LogP contribution in [0.25, 0.3) is 0 Å². The predicted molar refractivity (Wildman–Crippen MR) is 72.0 cm³/mol. The van der Waals surface area contributed by atoms with E-state index in [0.29, 0.717) is 0 Å². The van der Waals surface area contributed by atoms with E-state index in [1.807, 2.05) is 4.90 Å². The van der Waals surface area contributed by atoms with Crippen LogP contribution in [-0.2, 0) is 0 Å². The van der Waals surface area contributed by atoms with Crippen LogP contribution in [0.1, 0.15) is 78.1 Å². The molecule has 1 rings (SSSR count). The summed E-state index contributed by atoms with van der Waals surface area (Å²) in [5, 5.41) is 0. The van der Waals surface area contributed by atoms with Crippen LogP contribution < -0.4 is 17.3 Å². The van der Waals surface area contributed by atoms with Gasteiger partial charge in [0.15, 0.2) is 0 Å². The number of halogens is 1. The zero-order valence-corrected chi connectivity index (χ0v) is 12.7. The minimum Gasteiger partial charge on any atom is -1.00 e. The van der Waals surface area contributed by atoms with Crippen molar-refractivity contribution in [3.05, 3.63) is 0 Å². The molecule has 1 aliphatic rings. The van der Waals surface area contributed by atoms with Gasteiger partial charge in [-0.15, -0.1) is 0 Å². The van der Waals surface area contributed by atoms with Gasteiger partial charge in [-0.2, -0.15) is 0 Å². The Morgan fingerprint density at radius 3 is 2.35 bits per heavy atom. The van der Waals surface area contributed by atoms with Gasteiger partial charge in [-0.3, -0.25) is 0 Å². The summed E-state index contributed by atoms with van der Waals surface area (Å²) in [6.45, 7) is 7.54. The third-order valence-corrected chi connectivity index (χ3v) is 4.12. The lowest BCUT2D eigenvalue weighted by molar-refractivity contribution is -0.912. The quantitative estimate of drug-likeness (QED) is 0.566. The van der Waals surface area contributed by atoms with Crippen LogP contribution in [0, 0.1) is 0 Å². The Labute approximate surface area is 115 Å². The van der Waals surface area contributed by atoms with Crippen LogP contribution in [0.2, 0.25) is 0 Å². The zero-order valence-electron chi connectivity index (χ0n) is 11.9. The minimum absolute atomic E-state index is 0. The van der Waals surface area contributed by atoms with Crippen molar-refractivity contribution in [1.82, 2.24) is 0 Å². The van der Waals surface area contributed by atoms with Gasteiger partial charge in [0, 0.05) is 12.8 Å². The smallest absolute Gasteiger partial charge is 0.0876 e. The van der Waals surface area contributed by atoms with Gasteiger partial charge < -0.3 is 17.3 Å². The molecule has 0 radical (unpaired) electrons. The average Bonchev–Trinajstić information content (AvgIpc) is 2.72. The molecule has 1 nitrogen and oxygen atoms in total. The molecule has 1 N–H and O–H groups in total. The molecule has 0 spiro atoms. The number of quaternary nitrogens is 1. The first-order valence-electron chi connectivity index (χ1n) is 7.73.